The molecule has 0 spiro atoms. The van der Waals surface area contributed by atoms with Crippen molar-refractivity contribution in [2.45, 2.75) is 13.8 Å². The number of fused-ring (bicyclic) bond motifs is 1. The first-order chi connectivity index (χ1) is 7.27. The normalized spacial score (nSPS) is 10.8. The van der Waals surface area contributed by atoms with Crippen LogP contribution in [-0.4, -0.2) is 33.3 Å². The van der Waals surface area contributed by atoms with Crippen LogP contribution in [0.5, 0.6) is 0 Å². The Balaban J connectivity index is 2.60. The van der Waals surface area contributed by atoms with Crippen LogP contribution < -0.4 is 10.6 Å². The highest BCUT2D eigenvalue weighted by molar-refractivity contribution is 5.92. The Hall–Kier alpha value is -1.85. The van der Waals surface area contributed by atoms with Crippen molar-refractivity contribution in [2.24, 2.45) is 0 Å². The van der Waals surface area contributed by atoms with E-state index < -0.39 is 0 Å². The van der Waals surface area contributed by atoms with Crippen LogP contribution >= 0.6 is 0 Å². The molecule has 2 rings (SSSR count). The minimum absolute atomic E-state index is 0.417. The average Bonchev–Trinajstić information content (AvgIpc) is 2.64. The number of rotatable bonds is 3. The third-order valence-electron chi connectivity index (χ3n) is 2.42. The highest BCUT2D eigenvalue weighted by Crippen LogP contribution is 2.23. The predicted molar refractivity (Wildman–Crippen MR) is 59.7 cm³/mol. The predicted octanol–water partition coefficient (Wildman–Crippen LogP) is 0.781. The van der Waals surface area contributed by atoms with Crippen molar-refractivity contribution >= 4 is 22.7 Å². The Morgan fingerprint density at radius 3 is 2.73 bits per heavy atom. The molecule has 0 aromatic carbocycles. The molecule has 0 unspecified atom stereocenters. The number of nitrogens with two attached hydrogens (primary N) is 1. The number of aromatic nitrogens is 4. The quantitative estimate of drug-likeness (QED) is 0.775. The van der Waals surface area contributed by atoms with Crippen LogP contribution in [0.1, 0.15) is 13.8 Å². The van der Waals surface area contributed by atoms with Gasteiger partial charge in [0.05, 0.1) is 0 Å². The van der Waals surface area contributed by atoms with E-state index in [1.807, 2.05) is 0 Å². The summed E-state index contributed by atoms with van der Waals surface area (Å²) in [6, 6.07) is 0. The number of aromatic amines is 1. The molecule has 2 heterocycles. The lowest BCUT2D eigenvalue weighted by atomic mass is 10.3. The molecule has 0 fully saturated rings. The zero-order valence-corrected chi connectivity index (χ0v) is 8.86. The second-order valence-corrected chi connectivity index (χ2v) is 3.20. The zero-order valence-electron chi connectivity index (χ0n) is 8.86. The molecule has 15 heavy (non-hydrogen) atoms. The second kappa shape index (κ2) is 3.72. The topological polar surface area (TPSA) is 83.7 Å². The van der Waals surface area contributed by atoms with Gasteiger partial charge in [-0.05, 0) is 13.8 Å². The number of hydrogen-bond acceptors (Lipinski definition) is 5. The molecule has 0 atom stereocenters. The number of nitrogen functional groups attached to an aromatic ring is 1. The molecule has 6 nitrogen and oxygen atoms in total. The van der Waals surface area contributed by atoms with Crippen molar-refractivity contribution < 1.29 is 0 Å². The first kappa shape index (κ1) is 9.70. The molecule has 0 saturated heterocycles. The first-order valence-electron chi connectivity index (χ1n) is 4.97. The highest BCUT2D eigenvalue weighted by atomic mass is 15.2. The van der Waals surface area contributed by atoms with Gasteiger partial charge in [0.25, 0.3) is 0 Å². The molecule has 0 radical (unpaired) electrons. The smallest absolute Gasteiger partial charge is 0.172 e. The summed E-state index contributed by atoms with van der Waals surface area (Å²) >= 11 is 0. The van der Waals surface area contributed by atoms with Gasteiger partial charge >= 0.3 is 0 Å². The molecular weight excluding hydrogens is 192 g/mol. The number of nitrogens with one attached hydrogen (secondary N) is 1. The number of hydrogen-bond donors (Lipinski definition) is 2. The molecule has 80 valence electrons. The maximum atomic E-state index is 5.68. The van der Waals surface area contributed by atoms with Gasteiger partial charge in [-0.3, -0.25) is 5.10 Å². The van der Waals surface area contributed by atoms with Crippen molar-refractivity contribution in [3.8, 4) is 0 Å². The molecule has 2 aromatic rings. The molecule has 0 aliphatic carbocycles. The molecule has 0 amide bonds. The van der Waals surface area contributed by atoms with Gasteiger partial charge in [0.1, 0.15) is 17.4 Å². The zero-order chi connectivity index (χ0) is 10.8. The number of H-pyrrole nitrogens is 1. The van der Waals surface area contributed by atoms with Crippen molar-refractivity contribution in [2.75, 3.05) is 23.7 Å². The Morgan fingerprint density at radius 2 is 2.07 bits per heavy atom. The van der Waals surface area contributed by atoms with E-state index in [1.165, 1.54) is 6.33 Å². The first-order valence-corrected chi connectivity index (χ1v) is 4.97. The van der Waals surface area contributed by atoms with Crippen LogP contribution in [0.25, 0.3) is 11.0 Å². The highest BCUT2D eigenvalue weighted by Gasteiger charge is 2.12. The van der Waals surface area contributed by atoms with Crippen LogP contribution in [0.4, 0.5) is 11.6 Å². The fraction of sp³-hybridized carbons (Fsp3) is 0.444. The van der Waals surface area contributed by atoms with Gasteiger partial charge in [0.15, 0.2) is 11.6 Å². The van der Waals surface area contributed by atoms with Gasteiger partial charge in [0, 0.05) is 13.1 Å². The van der Waals surface area contributed by atoms with E-state index in [1.54, 1.807) is 0 Å². The van der Waals surface area contributed by atoms with Crippen LogP contribution in [0.2, 0.25) is 0 Å². The van der Waals surface area contributed by atoms with E-state index in [9.17, 15) is 0 Å². The van der Waals surface area contributed by atoms with Gasteiger partial charge in [-0.15, -0.1) is 0 Å². The summed E-state index contributed by atoms with van der Waals surface area (Å²) in [4.78, 5) is 10.5. The third kappa shape index (κ3) is 1.47. The van der Waals surface area contributed by atoms with Gasteiger partial charge in [0.2, 0.25) is 0 Å². The molecule has 0 saturated carbocycles. The summed E-state index contributed by atoms with van der Waals surface area (Å²) in [5.41, 5.74) is 7.17. The summed E-state index contributed by atoms with van der Waals surface area (Å²) in [6.07, 6.45) is 1.52. The van der Waals surface area contributed by atoms with Crippen molar-refractivity contribution in [1.29, 1.82) is 0 Å². The summed E-state index contributed by atoms with van der Waals surface area (Å²) in [7, 11) is 0. The monoisotopic (exact) mass is 206 g/mol. The van der Waals surface area contributed by atoms with E-state index in [0.29, 0.717) is 11.3 Å². The van der Waals surface area contributed by atoms with Crippen molar-refractivity contribution in [3.05, 3.63) is 6.33 Å². The fourth-order valence-corrected chi connectivity index (χ4v) is 1.61. The molecule has 2 aromatic heterocycles. The lowest BCUT2D eigenvalue weighted by Crippen LogP contribution is -2.23. The minimum Gasteiger partial charge on any atom is -0.380 e. The summed E-state index contributed by atoms with van der Waals surface area (Å²) in [6.45, 7) is 5.94. The van der Waals surface area contributed by atoms with Gasteiger partial charge in [-0.2, -0.15) is 5.10 Å². The maximum Gasteiger partial charge on any atom is 0.172 e. The Morgan fingerprint density at radius 1 is 1.33 bits per heavy atom. The van der Waals surface area contributed by atoms with Crippen LogP contribution in [0.15, 0.2) is 6.33 Å². The SMILES string of the molecule is CCN(CC)c1ncnc2c(N)n[nH]c12. The summed E-state index contributed by atoms with van der Waals surface area (Å²) in [5, 5.41) is 6.79. The largest absolute Gasteiger partial charge is 0.380 e. The molecule has 0 aliphatic rings. The van der Waals surface area contributed by atoms with Gasteiger partial charge in [-0.1, -0.05) is 0 Å². The number of anilines is 2. The lowest BCUT2D eigenvalue weighted by Gasteiger charge is -2.19. The van der Waals surface area contributed by atoms with Crippen LogP contribution in [0.3, 0.4) is 0 Å². The molecule has 0 bridgehead atoms. The Kier molecular flexibility index (Phi) is 2.40. The molecule has 6 heteroatoms. The molecular formula is C9H14N6. The van der Waals surface area contributed by atoms with E-state index in [-0.39, 0.29) is 0 Å². The Bertz CT molecular complexity index is 459. The number of nitrogens with zero attached hydrogens (tertiary/aromatic N) is 4. The van der Waals surface area contributed by atoms with Gasteiger partial charge in [-0.25, -0.2) is 9.97 Å². The van der Waals surface area contributed by atoms with Crippen molar-refractivity contribution in [3.63, 3.8) is 0 Å². The molecule has 0 aliphatic heterocycles. The summed E-state index contributed by atoms with van der Waals surface area (Å²) < 4.78 is 0. The van der Waals surface area contributed by atoms with Crippen LogP contribution in [0, 0.1) is 0 Å². The standard InChI is InChI=1S/C9H14N6/c1-3-15(4-2)9-7-6(11-5-12-9)8(10)14-13-7/h5H,3-4H2,1-2H3,(H3,10,13,14). The minimum atomic E-state index is 0.417. The van der Waals surface area contributed by atoms with E-state index in [2.05, 4.69) is 38.9 Å². The summed E-state index contributed by atoms with van der Waals surface area (Å²) in [5.74, 6) is 1.27. The lowest BCUT2D eigenvalue weighted by molar-refractivity contribution is 0.846. The van der Waals surface area contributed by atoms with E-state index in [4.69, 9.17) is 5.73 Å². The third-order valence-corrected chi connectivity index (χ3v) is 2.42. The van der Waals surface area contributed by atoms with Gasteiger partial charge < -0.3 is 10.6 Å². The average molecular weight is 206 g/mol. The van der Waals surface area contributed by atoms with E-state index in [0.717, 1.165) is 24.4 Å². The Labute approximate surface area is 87.5 Å². The molecule has 3 N–H and O–H groups in total. The maximum absolute atomic E-state index is 5.68. The van der Waals surface area contributed by atoms with Crippen molar-refractivity contribution in [1.82, 2.24) is 20.2 Å². The van der Waals surface area contributed by atoms with Crippen LogP contribution in [-0.2, 0) is 0 Å². The van der Waals surface area contributed by atoms with E-state index >= 15 is 0 Å². The second-order valence-electron chi connectivity index (χ2n) is 3.20. The fourth-order valence-electron chi connectivity index (χ4n) is 1.61.